The van der Waals surface area contributed by atoms with Crippen molar-refractivity contribution < 1.29 is 1.43 Å². The molecule has 1 N–H and O–H groups in total. The van der Waals surface area contributed by atoms with Gasteiger partial charge in [0.25, 0.3) is 0 Å². The zero-order valence-corrected chi connectivity index (χ0v) is 8.64. The van der Waals surface area contributed by atoms with Gasteiger partial charge in [0.05, 0.1) is 0 Å². The summed E-state index contributed by atoms with van der Waals surface area (Å²) in [6, 6.07) is 0.818. The number of nitrogens with zero attached hydrogens (tertiary/aromatic N) is 1. The molecule has 0 saturated carbocycles. The first-order valence-corrected chi connectivity index (χ1v) is 5.28. The Balaban J connectivity index is 0.000000451. The number of hydrogen-bond acceptors (Lipinski definition) is 2. The predicted molar refractivity (Wildman–Crippen MR) is 55.5 cm³/mol. The molecule has 0 bridgehead atoms. The molecule has 0 spiro atoms. The van der Waals surface area contributed by atoms with Gasteiger partial charge in [-0.25, -0.2) is 0 Å². The van der Waals surface area contributed by atoms with Crippen LogP contribution in [0.2, 0.25) is 0 Å². The fraction of sp³-hybridized carbons (Fsp3) is 1.00. The van der Waals surface area contributed by atoms with Gasteiger partial charge in [-0.2, -0.15) is 0 Å². The summed E-state index contributed by atoms with van der Waals surface area (Å²) in [7, 11) is 2.22. The Morgan fingerprint density at radius 1 is 1.33 bits per heavy atom. The van der Waals surface area contributed by atoms with Crippen molar-refractivity contribution in [3.05, 3.63) is 0 Å². The van der Waals surface area contributed by atoms with E-state index in [9.17, 15) is 0 Å². The van der Waals surface area contributed by atoms with E-state index < -0.39 is 0 Å². The van der Waals surface area contributed by atoms with Gasteiger partial charge in [-0.15, -0.1) is 0 Å². The normalized spacial score (nSPS) is 35.2. The van der Waals surface area contributed by atoms with Crippen LogP contribution >= 0.6 is 0 Å². The van der Waals surface area contributed by atoms with Gasteiger partial charge in [0, 0.05) is 20.6 Å². The first kappa shape index (κ1) is 10.0. The molecule has 2 aliphatic heterocycles. The van der Waals surface area contributed by atoms with E-state index in [-0.39, 0.29) is 1.43 Å². The molecule has 2 nitrogen and oxygen atoms in total. The molecule has 2 heterocycles. The summed E-state index contributed by atoms with van der Waals surface area (Å²) in [5.74, 6) is 0.957. The minimum absolute atomic E-state index is 0. The van der Waals surface area contributed by atoms with E-state index in [0.29, 0.717) is 0 Å². The Bertz CT molecular complexity index is 116. The molecule has 0 unspecified atom stereocenters. The van der Waals surface area contributed by atoms with Gasteiger partial charge < -0.3 is 10.2 Å². The Kier molecular flexibility index (Phi) is 4.02. The molecule has 0 aromatic rings. The van der Waals surface area contributed by atoms with Crippen LogP contribution in [-0.2, 0) is 0 Å². The summed E-state index contributed by atoms with van der Waals surface area (Å²) in [6.07, 6.45) is 2.83. The monoisotopic (exact) mass is 172 g/mol. The molecule has 0 amide bonds. The van der Waals surface area contributed by atoms with Crippen molar-refractivity contribution in [1.82, 2.24) is 10.2 Å². The molecule has 0 aromatic carbocycles. The van der Waals surface area contributed by atoms with Crippen LogP contribution in [0.25, 0.3) is 0 Å². The maximum Gasteiger partial charge on any atom is 0.0235 e. The lowest BCUT2D eigenvalue weighted by Crippen LogP contribution is -2.40. The highest BCUT2D eigenvalue weighted by Gasteiger charge is 2.31. The molecule has 2 atom stereocenters. The smallest absolute Gasteiger partial charge is 0.0235 e. The molecule has 2 saturated heterocycles. The Morgan fingerprint density at radius 2 is 2.08 bits per heavy atom. The largest absolute Gasteiger partial charge is 0.312 e. The molecule has 12 heavy (non-hydrogen) atoms. The average molecular weight is 172 g/mol. The predicted octanol–water partition coefficient (Wildman–Crippen LogP) is 1.57. The second kappa shape index (κ2) is 4.83. The number of likely N-dealkylation sites (tertiary alicyclic amines) is 1. The van der Waals surface area contributed by atoms with E-state index in [1.54, 1.807) is 0 Å². The molecular formula is C10H24N2. The van der Waals surface area contributed by atoms with Crippen LogP contribution in [-0.4, -0.2) is 37.6 Å². The number of rotatable bonds is 0. The van der Waals surface area contributed by atoms with E-state index in [1.165, 1.54) is 32.5 Å². The van der Waals surface area contributed by atoms with E-state index >= 15 is 0 Å². The fourth-order valence-corrected chi connectivity index (χ4v) is 2.26. The third-order valence-corrected chi connectivity index (χ3v) is 2.78. The number of hydrogen-bond donors (Lipinski definition) is 1. The number of likely N-dealkylation sites (N-methyl/N-ethyl adjacent to an activating group) is 1. The van der Waals surface area contributed by atoms with Gasteiger partial charge >= 0.3 is 0 Å². The zero-order valence-electron chi connectivity index (χ0n) is 8.64. The van der Waals surface area contributed by atoms with Crippen molar-refractivity contribution in [1.29, 1.82) is 0 Å². The lowest BCUT2D eigenvalue weighted by Gasteiger charge is -2.24. The highest BCUT2D eigenvalue weighted by Crippen LogP contribution is 2.23. The quantitative estimate of drug-likeness (QED) is 0.597. The van der Waals surface area contributed by atoms with Crippen LogP contribution in [0, 0.1) is 5.92 Å². The van der Waals surface area contributed by atoms with Gasteiger partial charge in [0.1, 0.15) is 0 Å². The van der Waals surface area contributed by atoms with Gasteiger partial charge in [-0.3, -0.25) is 0 Å². The van der Waals surface area contributed by atoms with Crippen LogP contribution in [0.4, 0.5) is 0 Å². The second-order valence-electron chi connectivity index (χ2n) is 3.68. The van der Waals surface area contributed by atoms with Crippen molar-refractivity contribution >= 4 is 0 Å². The van der Waals surface area contributed by atoms with Gasteiger partial charge in [-0.1, -0.05) is 13.8 Å². The molecule has 0 radical (unpaired) electrons. The minimum Gasteiger partial charge on any atom is -0.312 e. The van der Waals surface area contributed by atoms with Crippen LogP contribution in [0.15, 0.2) is 0 Å². The first-order valence-electron chi connectivity index (χ1n) is 5.28. The number of piperidine rings is 1. The molecule has 0 aliphatic carbocycles. The van der Waals surface area contributed by atoms with E-state index in [0.717, 1.165) is 12.0 Å². The molecule has 74 valence electrons. The summed E-state index contributed by atoms with van der Waals surface area (Å²) >= 11 is 0. The SMILES string of the molecule is CC.CN1C[C@H]2CCCN[C@H]2C1.[HH]. The van der Waals surface area contributed by atoms with Gasteiger partial charge in [0.2, 0.25) is 0 Å². The average Bonchev–Trinajstić information content (AvgIpc) is 2.48. The Morgan fingerprint density at radius 3 is 2.75 bits per heavy atom. The zero-order chi connectivity index (χ0) is 8.97. The summed E-state index contributed by atoms with van der Waals surface area (Å²) in [5.41, 5.74) is 0. The van der Waals surface area contributed by atoms with E-state index in [2.05, 4.69) is 17.3 Å². The van der Waals surface area contributed by atoms with Crippen molar-refractivity contribution in [2.45, 2.75) is 32.7 Å². The minimum atomic E-state index is 0. The highest BCUT2D eigenvalue weighted by atomic mass is 15.2. The summed E-state index contributed by atoms with van der Waals surface area (Å²) in [5, 5.41) is 3.57. The first-order chi connectivity index (χ1) is 5.86. The second-order valence-corrected chi connectivity index (χ2v) is 3.68. The third kappa shape index (κ3) is 2.20. The molecule has 2 aliphatic rings. The van der Waals surface area contributed by atoms with Crippen molar-refractivity contribution in [3.8, 4) is 0 Å². The molecule has 0 aromatic heterocycles. The summed E-state index contributed by atoms with van der Waals surface area (Å²) in [6.45, 7) is 7.83. The standard InChI is InChI=1S/C8H16N2.C2H6.H2/c1-10-5-7-3-2-4-9-8(7)6-10;1-2;/h7-9H,2-6H2,1H3;1-2H3;1H/t7-,8+;;/m1../s1. The van der Waals surface area contributed by atoms with Crippen molar-refractivity contribution in [2.75, 3.05) is 26.7 Å². The van der Waals surface area contributed by atoms with Gasteiger partial charge in [-0.05, 0) is 32.4 Å². The number of nitrogens with one attached hydrogen (secondary N) is 1. The van der Waals surface area contributed by atoms with Crippen LogP contribution in [0.1, 0.15) is 28.1 Å². The van der Waals surface area contributed by atoms with Crippen LogP contribution in [0.3, 0.4) is 0 Å². The van der Waals surface area contributed by atoms with Gasteiger partial charge in [0.15, 0.2) is 0 Å². The van der Waals surface area contributed by atoms with Crippen molar-refractivity contribution in [2.24, 2.45) is 5.92 Å². The van der Waals surface area contributed by atoms with E-state index in [4.69, 9.17) is 0 Å². The lowest BCUT2D eigenvalue weighted by atomic mass is 9.94. The molecular weight excluding hydrogens is 148 g/mol. The number of fused-ring (bicyclic) bond motifs is 1. The van der Waals surface area contributed by atoms with Crippen LogP contribution < -0.4 is 5.32 Å². The third-order valence-electron chi connectivity index (χ3n) is 2.78. The van der Waals surface area contributed by atoms with E-state index in [1.807, 2.05) is 13.8 Å². The summed E-state index contributed by atoms with van der Waals surface area (Å²) in [4.78, 5) is 2.44. The molecule has 2 fully saturated rings. The Hall–Kier alpha value is -0.0800. The molecule has 2 rings (SSSR count). The highest BCUT2D eigenvalue weighted by molar-refractivity contribution is 4.90. The topological polar surface area (TPSA) is 15.3 Å². The lowest BCUT2D eigenvalue weighted by molar-refractivity contribution is 0.338. The summed E-state index contributed by atoms with van der Waals surface area (Å²) < 4.78 is 0. The van der Waals surface area contributed by atoms with Crippen molar-refractivity contribution in [3.63, 3.8) is 0 Å². The fourth-order valence-electron chi connectivity index (χ4n) is 2.26. The maximum atomic E-state index is 3.57. The molecule has 2 heteroatoms. The van der Waals surface area contributed by atoms with Crippen LogP contribution in [0.5, 0.6) is 0 Å². The maximum absolute atomic E-state index is 3.57. The Labute approximate surface area is 77.8 Å².